The van der Waals surface area contributed by atoms with Crippen LogP contribution >= 0.6 is 0 Å². The van der Waals surface area contributed by atoms with Crippen LogP contribution in [0, 0.1) is 12.7 Å². The molecule has 0 saturated heterocycles. The molecule has 0 saturated carbocycles. The van der Waals surface area contributed by atoms with Crippen LogP contribution in [0.25, 0.3) is 0 Å². The van der Waals surface area contributed by atoms with Gasteiger partial charge in [0.15, 0.2) is 5.75 Å². The summed E-state index contributed by atoms with van der Waals surface area (Å²) >= 11 is 0. The van der Waals surface area contributed by atoms with Crippen LogP contribution < -0.4 is 33.7 Å². The van der Waals surface area contributed by atoms with Crippen molar-refractivity contribution < 1.29 is 51.0 Å². The predicted octanol–water partition coefficient (Wildman–Crippen LogP) is 1.74. The predicted molar refractivity (Wildman–Crippen MR) is 120 cm³/mol. The molecule has 0 spiro atoms. The molecule has 1 aromatic carbocycles. The van der Waals surface area contributed by atoms with E-state index in [0.717, 1.165) is 0 Å². The van der Waals surface area contributed by atoms with Crippen LogP contribution in [-0.2, 0) is 22.5 Å². The molecule has 1 amide bonds. The summed E-state index contributed by atoms with van der Waals surface area (Å²) in [4.78, 5) is 19.2. The Morgan fingerprint density at radius 1 is 1.25 bits per heavy atom. The molecular weight excluding hydrogens is 470 g/mol. The smallest absolute Gasteiger partial charge is 0.457 e. The van der Waals surface area contributed by atoms with Crippen molar-refractivity contribution in [1.29, 1.82) is 0 Å². The monoisotopic (exact) mass is 494 g/mol. The molecule has 2 heterocycles. The third-order valence-corrected chi connectivity index (χ3v) is 4.61. The molecule has 1 unspecified atom stereocenters. The number of nitrogens with zero attached hydrogens (tertiary/aromatic N) is 2. The molecule has 1 aromatic heterocycles. The van der Waals surface area contributed by atoms with Gasteiger partial charge in [0, 0.05) is 25.1 Å². The first kappa shape index (κ1) is 29.0. The van der Waals surface area contributed by atoms with Gasteiger partial charge in [-0.1, -0.05) is 25.1 Å². The van der Waals surface area contributed by atoms with E-state index in [1.807, 2.05) is 0 Å². The van der Waals surface area contributed by atoms with Gasteiger partial charge in [-0.15, -0.1) is 11.6 Å². The molecule has 0 bridgehead atoms. The summed E-state index contributed by atoms with van der Waals surface area (Å²) in [6.45, 7) is 6.29. The molecule has 1 aliphatic heterocycles. The van der Waals surface area contributed by atoms with Gasteiger partial charge in [0.25, 0.3) is 0 Å². The third-order valence-electron chi connectivity index (χ3n) is 4.61. The second-order valence-electron chi connectivity index (χ2n) is 7.65. The van der Waals surface area contributed by atoms with Crippen molar-refractivity contribution >= 4 is 5.91 Å². The third kappa shape index (κ3) is 8.77. The molecule has 1 aliphatic rings. The van der Waals surface area contributed by atoms with Gasteiger partial charge >= 0.3 is 31.5 Å². The van der Waals surface area contributed by atoms with Crippen LogP contribution in [0.2, 0.25) is 0 Å². The number of carbonyl (C=O) groups is 1. The van der Waals surface area contributed by atoms with Crippen molar-refractivity contribution in [2.24, 2.45) is 0 Å². The Kier molecular flexibility index (Phi) is 10.6. The van der Waals surface area contributed by atoms with Crippen LogP contribution in [0.15, 0.2) is 54.1 Å². The number of alkyl halides is 3. The van der Waals surface area contributed by atoms with Gasteiger partial charge in [-0.3, -0.25) is 11.4 Å². The molecule has 36 heavy (non-hydrogen) atoms. The molecule has 11 heteroatoms. The number of fused-ring (bicyclic) bond motifs is 1. The minimum atomic E-state index is -3.09. The first-order valence-electron chi connectivity index (χ1n) is 10.8. The van der Waals surface area contributed by atoms with Crippen LogP contribution in [0.5, 0.6) is 11.5 Å². The second-order valence-corrected chi connectivity index (χ2v) is 7.65. The van der Waals surface area contributed by atoms with Crippen LogP contribution in [0.1, 0.15) is 43.6 Å². The Morgan fingerprint density at radius 3 is 2.58 bits per heavy atom. The fraction of sp³-hybridized carbons (Fsp3) is 0.320. The van der Waals surface area contributed by atoms with Gasteiger partial charge in [0.05, 0.1) is 13.0 Å². The number of allylic oxidation sites excluding steroid dienone is 3. The maximum atomic E-state index is 14.5. The fourth-order valence-corrected chi connectivity index (χ4v) is 3.09. The minimum Gasteiger partial charge on any atom is -0.457 e. The van der Waals surface area contributed by atoms with E-state index in [1.165, 1.54) is 37.3 Å². The Labute approximate surface area is 219 Å². The maximum Gasteiger partial charge on any atom is 1.00 e. The van der Waals surface area contributed by atoms with Crippen molar-refractivity contribution in [2.45, 2.75) is 52.3 Å². The van der Waals surface area contributed by atoms with Crippen molar-refractivity contribution in [3.63, 3.8) is 0 Å². The zero-order chi connectivity index (χ0) is 25.4. The first-order valence-corrected chi connectivity index (χ1v) is 10.8. The van der Waals surface area contributed by atoms with E-state index in [4.69, 9.17) is 16.1 Å². The fourth-order valence-electron chi connectivity index (χ4n) is 3.09. The number of ether oxygens (including phenoxy) is 3. The first-order chi connectivity index (χ1) is 16.7. The SMILES string of the molecule is [CH-]=C(/C=C\C(=[C-]c1ccc2c(c1)OC(F)(CCC)O2)OC(F)F)Cc1cnc(CNC(C)=O)nc1.[Li+]. The molecule has 0 aliphatic carbocycles. The number of nitrogens with one attached hydrogen (secondary N) is 1. The number of carbonyl (C=O) groups excluding carboxylic acids is 1. The van der Waals surface area contributed by atoms with E-state index in [-0.39, 0.29) is 61.4 Å². The van der Waals surface area contributed by atoms with Crippen molar-refractivity contribution in [3.05, 3.63) is 83.7 Å². The molecule has 0 radical (unpaired) electrons. The zero-order valence-corrected chi connectivity index (χ0v) is 20.2. The number of aromatic nitrogens is 2. The number of benzene rings is 1. The summed E-state index contributed by atoms with van der Waals surface area (Å²) in [5.41, 5.74) is 1.32. The van der Waals surface area contributed by atoms with E-state index in [9.17, 15) is 18.0 Å². The van der Waals surface area contributed by atoms with Crippen molar-refractivity contribution in [3.8, 4) is 11.5 Å². The van der Waals surface area contributed by atoms with Gasteiger partial charge < -0.3 is 19.5 Å². The normalized spacial score (nSPS) is 16.7. The average molecular weight is 494 g/mol. The Morgan fingerprint density at radius 2 is 1.94 bits per heavy atom. The zero-order valence-electron chi connectivity index (χ0n) is 20.2. The topological polar surface area (TPSA) is 82.6 Å². The van der Waals surface area contributed by atoms with Gasteiger partial charge in [-0.2, -0.15) is 19.2 Å². The Bertz CT molecular complexity index is 1130. The van der Waals surface area contributed by atoms with E-state index in [2.05, 4.69) is 26.1 Å². The van der Waals surface area contributed by atoms with Crippen molar-refractivity contribution in [2.75, 3.05) is 0 Å². The summed E-state index contributed by atoms with van der Waals surface area (Å²) in [5, 5.41) is 2.59. The van der Waals surface area contributed by atoms with E-state index in [0.29, 0.717) is 28.9 Å². The van der Waals surface area contributed by atoms with Gasteiger partial charge in [-0.05, 0) is 18.4 Å². The molecule has 1 atom stereocenters. The molecule has 7 nitrogen and oxygen atoms in total. The maximum absolute atomic E-state index is 14.5. The second kappa shape index (κ2) is 13.2. The van der Waals surface area contributed by atoms with Crippen LogP contribution in [0.3, 0.4) is 0 Å². The van der Waals surface area contributed by atoms with Gasteiger partial charge in [-0.25, -0.2) is 21.6 Å². The Balaban J connectivity index is 0.00000456. The number of amides is 1. The number of rotatable bonds is 11. The molecule has 1 N–H and O–H groups in total. The van der Waals surface area contributed by atoms with Crippen LogP contribution in [-0.4, -0.2) is 28.5 Å². The van der Waals surface area contributed by atoms with E-state index >= 15 is 0 Å². The summed E-state index contributed by atoms with van der Waals surface area (Å²) in [7, 11) is 0. The summed E-state index contributed by atoms with van der Waals surface area (Å²) < 4.78 is 55.3. The number of hydrogen-bond acceptors (Lipinski definition) is 6. The largest absolute Gasteiger partial charge is 1.00 e. The standard InChI is InChI=1S/C25H24F3N3O4.Li/c1-4-9-25(28)34-21-8-6-18(12-22(21)35-25)11-20(33-24(26)27)7-5-16(2)10-19-13-30-23(31-14-19)15-29-17(3)32;/h2,5-8,12-14,24H,4,9-10,15H2,1,3H3,(H,29,32);/q-2;+1/b7-5-;. The van der Waals surface area contributed by atoms with Crippen LogP contribution in [0.4, 0.5) is 13.2 Å². The molecule has 2 aromatic rings. The van der Waals surface area contributed by atoms with E-state index in [1.54, 1.807) is 19.3 Å². The molecular formula is C25H24F3LiN3O4-. The molecule has 0 fully saturated rings. The summed E-state index contributed by atoms with van der Waals surface area (Å²) in [6, 6.07) is 2.14. The van der Waals surface area contributed by atoms with Crippen molar-refractivity contribution in [1.82, 2.24) is 15.3 Å². The van der Waals surface area contributed by atoms with E-state index < -0.39 is 12.7 Å². The molecule has 3 rings (SSSR count). The van der Waals surface area contributed by atoms with Gasteiger partial charge in [0.1, 0.15) is 11.6 Å². The average Bonchev–Trinajstić information content (AvgIpc) is 3.12. The summed E-state index contributed by atoms with van der Waals surface area (Å²) in [5.74, 6) is 0.302. The summed E-state index contributed by atoms with van der Waals surface area (Å²) in [6.07, 6.45) is 9.24. The molecule has 186 valence electrons. The van der Waals surface area contributed by atoms with Gasteiger partial charge in [0.2, 0.25) is 5.91 Å². The Hall–Kier alpha value is -3.22. The minimum absolute atomic E-state index is 0. The number of halogens is 3. The number of hydrogen-bond donors (Lipinski definition) is 1. The quantitative estimate of drug-likeness (QED) is 0.222.